The van der Waals surface area contributed by atoms with Crippen LogP contribution in [0.4, 0.5) is 5.69 Å². The summed E-state index contributed by atoms with van der Waals surface area (Å²) in [5.74, 6) is -0.528. The summed E-state index contributed by atoms with van der Waals surface area (Å²) < 4.78 is 35.2. The van der Waals surface area contributed by atoms with E-state index in [1.807, 2.05) is 25.1 Å². The average Bonchev–Trinajstić information content (AvgIpc) is 3.79. The van der Waals surface area contributed by atoms with Crippen LogP contribution in [-0.2, 0) is 20.2 Å². The highest BCUT2D eigenvalue weighted by Crippen LogP contribution is 2.94. The fourth-order valence-corrected chi connectivity index (χ4v) is 9.99. The first-order valence-electron chi connectivity index (χ1n) is 14.3. The number of ether oxygens (including phenoxy) is 1. The van der Waals surface area contributed by atoms with Crippen LogP contribution in [0.2, 0.25) is 0 Å². The molecule has 1 spiro atoms. The number of nitro groups is 1. The van der Waals surface area contributed by atoms with E-state index in [1.54, 1.807) is 31.3 Å². The van der Waals surface area contributed by atoms with Gasteiger partial charge in [0.1, 0.15) is 5.60 Å². The molecule has 0 bridgehead atoms. The highest BCUT2D eigenvalue weighted by Gasteiger charge is 2.97. The summed E-state index contributed by atoms with van der Waals surface area (Å²) in [4.78, 5) is 24.5. The van der Waals surface area contributed by atoms with Gasteiger partial charge in [0.2, 0.25) is 10.0 Å². The first-order valence-corrected chi connectivity index (χ1v) is 15.7. The number of aryl methyl sites for hydroxylation is 1. The third kappa shape index (κ3) is 3.50. The molecule has 0 N–H and O–H groups in total. The Balaban J connectivity index is 1.26. The fourth-order valence-electron chi connectivity index (χ4n) is 8.74. The molecule has 1 unspecified atom stereocenters. The lowest BCUT2D eigenvalue weighted by atomic mass is 9.73. The van der Waals surface area contributed by atoms with Gasteiger partial charge < -0.3 is 4.74 Å². The van der Waals surface area contributed by atoms with E-state index in [1.165, 1.54) is 34.1 Å². The second kappa shape index (κ2) is 8.84. The summed E-state index contributed by atoms with van der Waals surface area (Å²) in [6, 6.07) is 22.6. The summed E-state index contributed by atoms with van der Waals surface area (Å²) in [7, 11) is -2.15. The molecule has 4 aliphatic carbocycles. The molecule has 8 nitrogen and oxygen atoms in total. The Bertz CT molecular complexity index is 1740. The summed E-state index contributed by atoms with van der Waals surface area (Å²) in [5.41, 5.74) is 0.518. The molecule has 216 valence electrons. The number of esters is 1. The number of nitrogens with zero attached hydrogens (tertiary/aromatic N) is 2. The van der Waals surface area contributed by atoms with Crippen molar-refractivity contribution in [2.24, 2.45) is 16.7 Å². The number of benzene rings is 3. The van der Waals surface area contributed by atoms with E-state index < -0.39 is 31.9 Å². The van der Waals surface area contributed by atoms with Gasteiger partial charge in [-0.3, -0.25) is 10.1 Å². The number of allylic oxidation sites excluding steroid dienone is 2. The average molecular weight is 585 g/mol. The third-order valence-electron chi connectivity index (χ3n) is 10.5. The fraction of sp³-hybridized carbons (Fsp3) is 0.364. The lowest BCUT2D eigenvalue weighted by Gasteiger charge is -2.34. The van der Waals surface area contributed by atoms with E-state index in [2.05, 4.69) is 24.3 Å². The molecular formula is C33H32N2O6S. The number of carbonyl (C=O) groups is 1. The predicted molar refractivity (Wildman–Crippen MR) is 156 cm³/mol. The monoisotopic (exact) mass is 584 g/mol. The summed E-state index contributed by atoms with van der Waals surface area (Å²) >= 11 is 0. The zero-order valence-electron chi connectivity index (χ0n) is 23.5. The Labute approximate surface area is 245 Å². The van der Waals surface area contributed by atoms with Crippen molar-refractivity contribution >= 4 is 21.7 Å². The van der Waals surface area contributed by atoms with Crippen LogP contribution in [0.1, 0.15) is 47.2 Å². The lowest BCUT2D eigenvalue weighted by molar-refractivity contribution is -0.384. The lowest BCUT2D eigenvalue weighted by Crippen LogP contribution is -2.40. The van der Waals surface area contributed by atoms with Crippen LogP contribution in [0.5, 0.6) is 0 Å². The summed E-state index contributed by atoms with van der Waals surface area (Å²) in [5, 5.41) is 11.2. The highest BCUT2D eigenvalue weighted by atomic mass is 32.2. The molecular weight excluding hydrogens is 552 g/mol. The molecule has 0 aliphatic heterocycles. The number of hydrogen-bond acceptors (Lipinski definition) is 6. The SMILES string of the molecule is Cc1ccc(S(=O)(=O)N(C)C[C@@]23CC45CCC=C[C@]4(c4ccccc4)[C@H]5[C@]2(OC(=O)c2ccc([N+](=O)[O-])cc2)C3)cc1. The van der Waals surface area contributed by atoms with Gasteiger partial charge in [0, 0.05) is 42.5 Å². The molecule has 3 aromatic carbocycles. The zero-order chi connectivity index (χ0) is 29.5. The van der Waals surface area contributed by atoms with Crippen molar-refractivity contribution in [2.75, 3.05) is 13.6 Å². The van der Waals surface area contributed by atoms with Gasteiger partial charge in [0.25, 0.3) is 5.69 Å². The van der Waals surface area contributed by atoms with Gasteiger partial charge in [-0.05, 0) is 67.9 Å². The van der Waals surface area contributed by atoms with Crippen molar-refractivity contribution in [3.8, 4) is 0 Å². The molecule has 0 aromatic heterocycles. The van der Waals surface area contributed by atoms with E-state index in [4.69, 9.17) is 4.74 Å². The largest absolute Gasteiger partial charge is 0.454 e. The normalized spacial score (nSPS) is 32.0. The molecule has 42 heavy (non-hydrogen) atoms. The molecule has 9 heteroatoms. The van der Waals surface area contributed by atoms with Crippen LogP contribution in [0.25, 0.3) is 0 Å². The highest BCUT2D eigenvalue weighted by molar-refractivity contribution is 7.89. The first kappa shape index (κ1) is 27.0. The topological polar surface area (TPSA) is 107 Å². The number of hydrogen-bond donors (Lipinski definition) is 0. The van der Waals surface area contributed by atoms with Crippen LogP contribution < -0.4 is 0 Å². The van der Waals surface area contributed by atoms with Gasteiger partial charge in [-0.25, -0.2) is 17.5 Å². The minimum Gasteiger partial charge on any atom is -0.454 e. The van der Waals surface area contributed by atoms with Crippen LogP contribution in [0, 0.1) is 33.8 Å². The quantitative estimate of drug-likeness (QED) is 0.143. The number of rotatable bonds is 8. The van der Waals surface area contributed by atoms with E-state index in [0.717, 1.165) is 24.8 Å². The first-order chi connectivity index (χ1) is 20.0. The van der Waals surface area contributed by atoms with Gasteiger partial charge >= 0.3 is 5.97 Å². The van der Waals surface area contributed by atoms with Gasteiger partial charge in [0.05, 0.1) is 15.4 Å². The number of non-ortho nitro benzene ring substituents is 1. The van der Waals surface area contributed by atoms with Crippen molar-refractivity contribution in [3.63, 3.8) is 0 Å². The predicted octanol–water partition coefficient (Wildman–Crippen LogP) is 5.82. The summed E-state index contributed by atoms with van der Waals surface area (Å²) in [6.45, 7) is 2.15. The molecule has 0 heterocycles. The molecule has 3 saturated carbocycles. The Morgan fingerprint density at radius 2 is 1.71 bits per heavy atom. The van der Waals surface area contributed by atoms with E-state index in [-0.39, 0.29) is 39.4 Å². The van der Waals surface area contributed by atoms with Crippen molar-refractivity contribution in [1.82, 2.24) is 4.31 Å². The zero-order valence-corrected chi connectivity index (χ0v) is 24.3. The van der Waals surface area contributed by atoms with Crippen LogP contribution in [-0.4, -0.2) is 42.8 Å². The Kier molecular flexibility index (Phi) is 5.69. The second-order valence-electron chi connectivity index (χ2n) is 12.6. The van der Waals surface area contributed by atoms with Gasteiger partial charge in [-0.1, -0.05) is 60.2 Å². The Hall–Kier alpha value is -3.82. The molecule has 7 rings (SSSR count). The maximum absolute atomic E-state index is 13.7. The van der Waals surface area contributed by atoms with Gasteiger partial charge in [-0.2, -0.15) is 0 Å². The molecule has 3 aromatic rings. The molecule has 5 atom stereocenters. The van der Waals surface area contributed by atoms with Gasteiger partial charge in [-0.15, -0.1) is 0 Å². The molecule has 0 radical (unpaired) electrons. The standard InChI is InChI=1S/C33H32N2O6S/c1-23-10-16-27(17-11-23)42(39,40)34(2)22-30-20-31-18-6-7-19-32(31,25-8-4-3-5-9-25)29(31)33(30,21-30)41-28(36)24-12-14-26(15-13-24)35(37)38/h3-5,7-17,19,29H,6,18,20-22H2,1-2H3/t29-,30-,31?,32-,33+/m0/s1. The summed E-state index contributed by atoms with van der Waals surface area (Å²) in [6.07, 6.45) is 7.71. The molecule has 3 fully saturated rings. The Morgan fingerprint density at radius 1 is 1.02 bits per heavy atom. The van der Waals surface area contributed by atoms with Crippen molar-refractivity contribution in [1.29, 1.82) is 0 Å². The van der Waals surface area contributed by atoms with Crippen LogP contribution in [0.15, 0.2) is 95.9 Å². The Morgan fingerprint density at radius 3 is 2.38 bits per heavy atom. The maximum atomic E-state index is 13.7. The minimum atomic E-state index is -3.76. The molecule has 4 aliphatic rings. The van der Waals surface area contributed by atoms with Crippen LogP contribution >= 0.6 is 0 Å². The maximum Gasteiger partial charge on any atom is 0.338 e. The van der Waals surface area contributed by atoms with E-state index >= 15 is 0 Å². The van der Waals surface area contributed by atoms with E-state index in [9.17, 15) is 23.3 Å². The van der Waals surface area contributed by atoms with Crippen LogP contribution in [0.3, 0.4) is 0 Å². The van der Waals surface area contributed by atoms with Crippen molar-refractivity contribution in [3.05, 3.63) is 118 Å². The van der Waals surface area contributed by atoms with Crippen molar-refractivity contribution in [2.45, 2.75) is 48.5 Å². The second-order valence-corrected chi connectivity index (χ2v) is 14.6. The van der Waals surface area contributed by atoms with E-state index in [0.29, 0.717) is 6.42 Å². The number of carbonyl (C=O) groups excluding carboxylic acids is 1. The number of sulfonamides is 1. The molecule has 0 amide bonds. The smallest absolute Gasteiger partial charge is 0.338 e. The number of nitro benzene ring substituents is 1. The van der Waals surface area contributed by atoms with Gasteiger partial charge in [0.15, 0.2) is 0 Å². The minimum absolute atomic E-state index is 0.0103. The third-order valence-corrected chi connectivity index (χ3v) is 12.3. The number of fused-ring (bicyclic) bond motifs is 3. The van der Waals surface area contributed by atoms with Crippen molar-refractivity contribution < 1.29 is 22.9 Å². The molecule has 0 saturated heterocycles.